The fraction of sp³-hybridized carbons (Fsp3) is 0.278. The van der Waals surface area contributed by atoms with Gasteiger partial charge in [0.05, 0.1) is 5.69 Å². The van der Waals surface area contributed by atoms with Crippen LogP contribution < -0.4 is 10.0 Å². The van der Waals surface area contributed by atoms with Crippen LogP contribution in [-0.2, 0) is 15.0 Å². The number of hydrogen-bond acceptors (Lipinski definition) is 3. The van der Waals surface area contributed by atoms with Gasteiger partial charge in [0.15, 0.2) is 0 Å². The van der Waals surface area contributed by atoms with Gasteiger partial charge in [-0.2, -0.15) is 12.7 Å². The van der Waals surface area contributed by atoms with Crippen molar-refractivity contribution in [3.63, 3.8) is 0 Å². The third-order valence-electron chi connectivity index (χ3n) is 4.42. The van der Waals surface area contributed by atoms with Crippen LogP contribution in [0.1, 0.15) is 29.0 Å². The molecule has 1 atom stereocenters. The van der Waals surface area contributed by atoms with Gasteiger partial charge in [0.25, 0.3) is 0 Å². The topological polar surface area (TPSA) is 78.5 Å². The summed E-state index contributed by atoms with van der Waals surface area (Å²) in [4.78, 5) is 12.1. The fourth-order valence-electron chi connectivity index (χ4n) is 2.89. The Labute approximate surface area is 152 Å². The normalized spacial score (nSPS) is 17.0. The molecule has 3 rings (SSSR count). The molecule has 0 saturated carbocycles. The van der Waals surface area contributed by atoms with E-state index >= 15 is 0 Å². The number of fused-ring (bicyclic) bond motifs is 1. The summed E-state index contributed by atoms with van der Waals surface area (Å²) in [5.74, 6) is -0.796. The summed E-state index contributed by atoms with van der Waals surface area (Å²) in [5, 5.41) is 2.76. The average molecular weight is 377 g/mol. The molecule has 2 aromatic rings. The van der Waals surface area contributed by atoms with Crippen LogP contribution in [0.2, 0.25) is 0 Å². The quantitative estimate of drug-likeness (QED) is 0.860. The molecule has 0 radical (unpaired) electrons. The van der Waals surface area contributed by atoms with Crippen molar-refractivity contribution in [3.8, 4) is 0 Å². The van der Waals surface area contributed by atoms with Crippen molar-refractivity contribution in [2.45, 2.75) is 19.3 Å². The summed E-state index contributed by atoms with van der Waals surface area (Å²) in [5.41, 5.74) is 2.94. The molecule has 0 aromatic heterocycles. The maximum Gasteiger partial charge on any atom is 0.301 e. The van der Waals surface area contributed by atoms with Crippen LogP contribution in [0, 0.1) is 12.7 Å². The first-order valence-corrected chi connectivity index (χ1v) is 9.51. The van der Waals surface area contributed by atoms with Crippen molar-refractivity contribution in [2.24, 2.45) is 0 Å². The second-order valence-electron chi connectivity index (χ2n) is 6.51. The molecule has 138 valence electrons. The van der Waals surface area contributed by atoms with Gasteiger partial charge >= 0.3 is 10.2 Å². The Hall–Kier alpha value is -2.45. The monoisotopic (exact) mass is 377 g/mol. The summed E-state index contributed by atoms with van der Waals surface area (Å²) >= 11 is 0. The van der Waals surface area contributed by atoms with Crippen LogP contribution in [-0.4, -0.2) is 32.7 Å². The average Bonchev–Trinajstić information content (AvgIpc) is 2.55. The van der Waals surface area contributed by atoms with Crippen molar-refractivity contribution in [2.75, 3.05) is 24.1 Å². The number of carbonyl (C=O) groups is 1. The molecule has 8 heteroatoms. The van der Waals surface area contributed by atoms with E-state index in [9.17, 15) is 17.6 Å². The standard InChI is InChI=1S/C18H20FN3O3S/c1-11-4-5-12(8-16(11)19)15-10-18(23)20-17-9-13(6-7-14(15)17)21-26(24,25)22(2)3/h4-9,15,21H,10H2,1-3H3,(H,20,23). The number of hydrogen-bond donors (Lipinski definition) is 2. The zero-order valence-corrected chi connectivity index (χ0v) is 15.5. The lowest BCUT2D eigenvalue weighted by molar-refractivity contribution is -0.116. The molecule has 0 bridgehead atoms. The van der Waals surface area contributed by atoms with Crippen LogP contribution in [0.4, 0.5) is 15.8 Å². The van der Waals surface area contributed by atoms with Crippen molar-refractivity contribution in [3.05, 3.63) is 58.9 Å². The van der Waals surface area contributed by atoms with E-state index in [1.807, 2.05) is 6.07 Å². The largest absolute Gasteiger partial charge is 0.326 e. The number of anilines is 2. The predicted octanol–water partition coefficient (Wildman–Crippen LogP) is 2.83. The fourth-order valence-corrected chi connectivity index (χ4v) is 3.50. The van der Waals surface area contributed by atoms with Crippen molar-refractivity contribution >= 4 is 27.5 Å². The summed E-state index contributed by atoms with van der Waals surface area (Å²) in [6.45, 7) is 1.68. The number of aryl methyl sites for hydroxylation is 1. The smallest absolute Gasteiger partial charge is 0.301 e. The number of nitrogens with one attached hydrogen (secondary N) is 2. The predicted molar refractivity (Wildman–Crippen MR) is 98.9 cm³/mol. The molecule has 1 aliphatic rings. The maximum absolute atomic E-state index is 14.0. The first-order chi connectivity index (χ1) is 12.2. The van der Waals surface area contributed by atoms with E-state index < -0.39 is 10.2 Å². The molecule has 6 nitrogen and oxygen atoms in total. The molecule has 2 N–H and O–H groups in total. The van der Waals surface area contributed by atoms with Gasteiger partial charge in [-0.1, -0.05) is 18.2 Å². The summed E-state index contributed by atoms with van der Waals surface area (Å²) in [6, 6.07) is 9.92. The highest BCUT2D eigenvalue weighted by Crippen LogP contribution is 2.38. The molecule has 1 amide bonds. The van der Waals surface area contributed by atoms with Crippen LogP contribution in [0.3, 0.4) is 0 Å². The Kier molecular flexibility index (Phi) is 4.72. The number of benzene rings is 2. The van der Waals surface area contributed by atoms with Gasteiger partial charge in [0.1, 0.15) is 5.82 Å². The number of nitrogens with zero attached hydrogens (tertiary/aromatic N) is 1. The van der Waals surface area contributed by atoms with E-state index in [1.165, 1.54) is 20.2 Å². The summed E-state index contributed by atoms with van der Waals surface area (Å²) in [7, 11) is -0.804. The second-order valence-corrected chi connectivity index (χ2v) is 8.39. The molecular formula is C18H20FN3O3S. The van der Waals surface area contributed by atoms with Crippen molar-refractivity contribution < 1.29 is 17.6 Å². The SMILES string of the molecule is Cc1ccc(C2CC(=O)Nc3cc(NS(=O)(=O)N(C)C)ccc32)cc1F. The van der Waals surface area contributed by atoms with Gasteiger partial charge in [0, 0.05) is 32.1 Å². The molecule has 0 aliphatic carbocycles. The minimum absolute atomic E-state index is 0.198. The molecule has 1 heterocycles. The van der Waals surface area contributed by atoms with Gasteiger partial charge in [-0.05, 0) is 41.8 Å². The minimum Gasteiger partial charge on any atom is -0.326 e. The third kappa shape index (κ3) is 3.56. The highest BCUT2D eigenvalue weighted by atomic mass is 32.2. The first-order valence-electron chi connectivity index (χ1n) is 8.07. The Morgan fingerprint density at radius 3 is 2.58 bits per heavy atom. The van der Waals surface area contributed by atoms with Gasteiger partial charge < -0.3 is 5.32 Å². The van der Waals surface area contributed by atoms with Gasteiger partial charge in [0.2, 0.25) is 5.91 Å². The Balaban J connectivity index is 1.99. The molecule has 0 spiro atoms. The molecule has 1 unspecified atom stereocenters. The first kappa shape index (κ1) is 18.3. The molecule has 0 saturated heterocycles. The minimum atomic E-state index is -3.65. The highest BCUT2D eigenvalue weighted by Gasteiger charge is 2.27. The van der Waals surface area contributed by atoms with Gasteiger partial charge in [-0.3, -0.25) is 9.52 Å². The van der Waals surface area contributed by atoms with Crippen molar-refractivity contribution in [1.29, 1.82) is 0 Å². The lowest BCUT2D eigenvalue weighted by atomic mass is 9.84. The molecule has 1 aliphatic heterocycles. The van der Waals surface area contributed by atoms with E-state index in [0.29, 0.717) is 22.5 Å². The zero-order chi connectivity index (χ0) is 19.1. The Morgan fingerprint density at radius 2 is 1.92 bits per heavy atom. The maximum atomic E-state index is 14.0. The van der Waals surface area contributed by atoms with E-state index in [4.69, 9.17) is 0 Å². The zero-order valence-electron chi connectivity index (χ0n) is 14.7. The lowest BCUT2D eigenvalue weighted by Crippen LogP contribution is -2.29. The third-order valence-corrected chi connectivity index (χ3v) is 5.87. The van der Waals surface area contributed by atoms with E-state index in [2.05, 4.69) is 10.0 Å². The van der Waals surface area contributed by atoms with Gasteiger partial charge in [-0.25, -0.2) is 4.39 Å². The molecular weight excluding hydrogens is 357 g/mol. The van der Waals surface area contributed by atoms with Crippen LogP contribution in [0.25, 0.3) is 0 Å². The Morgan fingerprint density at radius 1 is 1.19 bits per heavy atom. The molecule has 2 aromatic carbocycles. The Bertz CT molecular complexity index is 974. The molecule has 0 fully saturated rings. The lowest BCUT2D eigenvalue weighted by Gasteiger charge is -2.27. The second kappa shape index (κ2) is 6.69. The van der Waals surface area contributed by atoms with Crippen LogP contribution in [0.15, 0.2) is 36.4 Å². The van der Waals surface area contributed by atoms with E-state index in [-0.39, 0.29) is 24.1 Å². The summed E-state index contributed by atoms with van der Waals surface area (Å²) < 4.78 is 41.4. The molecule has 26 heavy (non-hydrogen) atoms. The van der Waals surface area contributed by atoms with E-state index in [0.717, 1.165) is 9.87 Å². The highest BCUT2D eigenvalue weighted by molar-refractivity contribution is 7.90. The van der Waals surface area contributed by atoms with Crippen molar-refractivity contribution in [1.82, 2.24) is 4.31 Å². The number of amides is 1. The number of rotatable bonds is 4. The summed E-state index contributed by atoms with van der Waals surface area (Å²) in [6.07, 6.45) is 0.207. The van der Waals surface area contributed by atoms with E-state index in [1.54, 1.807) is 31.2 Å². The number of halogens is 1. The van der Waals surface area contributed by atoms with Gasteiger partial charge in [-0.15, -0.1) is 0 Å². The number of carbonyl (C=O) groups excluding carboxylic acids is 1. The van der Waals surface area contributed by atoms with Crippen LogP contribution >= 0.6 is 0 Å². The van der Waals surface area contributed by atoms with Crippen LogP contribution in [0.5, 0.6) is 0 Å².